The number of amides is 2. The Hall–Kier alpha value is -4.11. The fourth-order valence-corrected chi connectivity index (χ4v) is 3.52. The van der Waals surface area contributed by atoms with Crippen molar-refractivity contribution in [2.24, 2.45) is 5.10 Å². The highest BCUT2D eigenvalue weighted by atomic mass is 32.1. The molecule has 0 saturated heterocycles. The average Bonchev–Trinajstić information content (AvgIpc) is 3.36. The van der Waals surface area contributed by atoms with Gasteiger partial charge in [0, 0.05) is 16.0 Å². The molecule has 0 spiro atoms. The van der Waals surface area contributed by atoms with E-state index in [1.54, 1.807) is 42.5 Å². The second-order valence-electron chi connectivity index (χ2n) is 6.55. The third-order valence-corrected chi connectivity index (χ3v) is 5.24. The molecule has 3 rings (SSSR count). The molecule has 3 aromatic rings. The third kappa shape index (κ3) is 6.20. The Balaban J connectivity index is 1.78. The Morgan fingerprint density at radius 2 is 1.64 bits per heavy atom. The van der Waals surface area contributed by atoms with Crippen LogP contribution in [0.2, 0.25) is 0 Å². The van der Waals surface area contributed by atoms with Crippen LogP contribution in [-0.2, 0) is 4.79 Å². The minimum atomic E-state index is -0.573. The molecule has 0 bridgehead atoms. The first-order valence-corrected chi connectivity index (χ1v) is 10.7. The monoisotopic (exact) mass is 465 g/mol. The van der Waals surface area contributed by atoms with Crippen molar-refractivity contribution >= 4 is 35.4 Å². The molecule has 33 heavy (non-hydrogen) atoms. The molecule has 0 unspecified atom stereocenters. The lowest BCUT2D eigenvalue weighted by Crippen LogP contribution is -2.32. The minimum absolute atomic E-state index is 0.0633. The first kappa shape index (κ1) is 23.6. The summed E-state index contributed by atoms with van der Waals surface area (Å²) in [6.45, 7) is 0. The lowest BCUT2D eigenvalue weighted by Gasteiger charge is -2.12. The summed E-state index contributed by atoms with van der Waals surface area (Å²) in [6, 6.07) is 15.7. The van der Waals surface area contributed by atoms with E-state index in [0.717, 1.165) is 4.88 Å². The van der Waals surface area contributed by atoms with E-state index in [2.05, 4.69) is 15.8 Å². The van der Waals surface area contributed by atoms with Crippen molar-refractivity contribution in [3.8, 4) is 17.2 Å². The maximum atomic E-state index is 12.8. The topological polar surface area (TPSA) is 98.2 Å². The van der Waals surface area contributed by atoms with Gasteiger partial charge in [-0.15, -0.1) is 11.3 Å². The Morgan fingerprint density at radius 3 is 2.21 bits per heavy atom. The molecule has 170 valence electrons. The van der Waals surface area contributed by atoms with Gasteiger partial charge in [0.1, 0.15) is 5.70 Å². The summed E-state index contributed by atoms with van der Waals surface area (Å²) >= 11 is 1.44. The average molecular weight is 466 g/mol. The van der Waals surface area contributed by atoms with Crippen molar-refractivity contribution in [3.63, 3.8) is 0 Å². The van der Waals surface area contributed by atoms with E-state index < -0.39 is 11.8 Å². The second-order valence-corrected chi connectivity index (χ2v) is 7.53. The van der Waals surface area contributed by atoms with Gasteiger partial charge >= 0.3 is 0 Å². The summed E-state index contributed by atoms with van der Waals surface area (Å²) in [4.78, 5) is 26.2. The molecular weight excluding hydrogens is 442 g/mol. The quantitative estimate of drug-likeness (QED) is 0.285. The maximum Gasteiger partial charge on any atom is 0.287 e. The molecule has 1 aromatic heterocycles. The standard InChI is InChI=1S/C24H23N3O5S/c1-30-20-12-16(13-21(31-2)22(20)32-3)15-25-27-24(29)19(14-18-10-7-11-33-18)26-23(28)17-8-5-4-6-9-17/h4-15H,1-3H3,(H,26,28)(H,27,29)/b19-14+,25-15+. The molecule has 0 aliphatic rings. The van der Waals surface area contributed by atoms with E-state index in [4.69, 9.17) is 14.2 Å². The number of nitrogens with zero attached hydrogens (tertiary/aromatic N) is 1. The zero-order valence-corrected chi connectivity index (χ0v) is 19.1. The summed E-state index contributed by atoms with van der Waals surface area (Å²) < 4.78 is 15.9. The van der Waals surface area contributed by atoms with E-state index in [0.29, 0.717) is 28.4 Å². The summed E-state index contributed by atoms with van der Waals surface area (Å²) in [7, 11) is 4.54. The van der Waals surface area contributed by atoms with Crippen LogP contribution in [0.3, 0.4) is 0 Å². The Kier molecular flexibility index (Phi) is 8.20. The normalized spacial score (nSPS) is 11.2. The first-order valence-electron chi connectivity index (χ1n) is 9.80. The third-order valence-electron chi connectivity index (χ3n) is 4.43. The number of thiophene rings is 1. The molecule has 0 fully saturated rings. The smallest absolute Gasteiger partial charge is 0.287 e. The predicted molar refractivity (Wildman–Crippen MR) is 128 cm³/mol. The van der Waals surface area contributed by atoms with E-state index in [-0.39, 0.29) is 5.70 Å². The van der Waals surface area contributed by atoms with Crippen molar-refractivity contribution < 1.29 is 23.8 Å². The fourth-order valence-electron chi connectivity index (χ4n) is 2.86. The Morgan fingerprint density at radius 1 is 0.939 bits per heavy atom. The Bertz CT molecular complexity index is 1130. The van der Waals surface area contributed by atoms with Gasteiger partial charge < -0.3 is 19.5 Å². The number of rotatable bonds is 9. The van der Waals surface area contributed by atoms with Crippen LogP contribution in [0.4, 0.5) is 0 Å². The highest BCUT2D eigenvalue weighted by Gasteiger charge is 2.15. The highest BCUT2D eigenvalue weighted by molar-refractivity contribution is 7.10. The molecule has 0 aliphatic carbocycles. The number of hydrogen-bond acceptors (Lipinski definition) is 7. The summed E-state index contributed by atoms with van der Waals surface area (Å²) in [6.07, 6.45) is 3.03. The van der Waals surface area contributed by atoms with E-state index >= 15 is 0 Å². The van der Waals surface area contributed by atoms with Gasteiger partial charge in [0.05, 0.1) is 27.5 Å². The number of nitrogens with one attached hydrogen (secondary N) is 2. The van der Waals surface area contributed by atoms with Crippen LogP contribution in [0.25, 0.3) is 6.08 Å². The van der Waals surface area contributed by atoms with Crippen molar-refractivity contribution in [2.45, 2.75) is 0 Å². The lowest BCUT2D eigenvalue weighted by atomic mass is 10.2. The molecule has 0 aliphatic heterocycles. The Labute approximate surface area is 195 Å². The van der Waals surface area contributed by atoms with E-state index in [1.807, 2.05) is 23.6 Å². The van der Waals surface area contributed by atoms with Gasteiger partial charge in [0.15, 0.2) is 11.5 Å². The SMILES string of the molecule is COc1cc(/C=N/NC(=O)/C(=C\c2cccs2)NC(=O)c2ccccc2)cc(OC)c1OC. The van der Waals surface area contributed by atoms with Gasteiger partial charge in [-0.1, -0.05) is 24.3 Å². The van der Waals surface area contributed by atoms with Crippen LogP contribution in [0.15, 0.2) is 70.8 Å². The zero-order chi connectivity index (χ0) is 23.6. The first-order chi connectivity index (χ1) is 16.0. The van der Waals surface area contributed by atoms with Crippen LogP contribution in [0.1, 0.15) is 20.8 Å². The summed E-state index contributed by atoms with van der Waals surface area (Å²) in [5.74, 6) is 0.389. The molecule has 9 heteroatoms. The maximum absolute atomic E-state index is 12.8. The number of benzene rings is 2. The predicted octanol–water partition coefficient (Wildman–Crippen LogP) is 3.70. The molecule has 2 N–H and O–H groups in total. The zero-order valence-electron chi connectivity index (χ0n) is 18.3. The largest absolute Gasteiger partial charge is 0.493 e. The molecule has 8 nitrogen and oxygen atoms in total. The summed E-state index contributed by atoms with van der Waals surface area (Å²) in [5.41, 5.74) is 3.55. The summed E-state index contributed by atoms with van der Waals surface area (Å²) in [5, 5.41) is 8.55. The van der Waals surface area contributed by atoms with E-state index in [1.165, 1.54) is 38.9 Å². The number of hydrogen-bond donors (Lipinski definition) is 2. The van der Waals surface area contributed by atoms with Crippen molar-refractivity contribution in [3.05, 3.63) is 81.7 Å². The van der Waals surface area contributed by atoms with Crippen LogP contribution in [-0.4, -0.2) is 39.4 Å². The molecule has 0 saturated carbocycles. The molecule has 1 heterocycles. The van der Waals surface area contributed by atoms with Gasteiger partial charge in [-0.2, -0.15) is 5.10 Å². The van der Waals surface area contributed by atoms with Gasteiger partial charge in [-0.25, -0.2) is 5.43 Å². The molecule has 0 radical (unpaired) electrons. The van der Waals surface area contributed by atoms with Gasteiger partial charge in [-0.3, -0.25) is 9.59 Å². The minimum Gasteiger partial charge on any atom is -0.493 e. The number of carbonyl (C=O) groups is 2. The highest BCUT2D eigenvalue weighted by Crippen LogP contribution is 2.37. The molecule has 0 atom stereocenters. The van der Waals surface area contributed by atoms with Crippen LogP contribution in [0, 0.1) is 0 Å². The molecular formula is C24H23N3O5S. The molecule has 2 amide bonds. The van der Waals surface area contributed by atoms with Crippen molar-refractivity contribution in [1.82, 2.24) is 10.7 Å². The van der Waals surface area contributed by atoms with Crippen LogP contribution < -0.4 is 25.0 Å². The van der Waals surface area contributed by atoms with Crippen LogP contribution in [0.5, 0.6) is 17.2 Å². The van der Waals surface area contributed by atoms with Gasteiger partial charge in [0.25, 0.3) is 11.8 Å². The number of carbonyl (C=O) groups excluding carboxylic acids is 2. The number of hydrazone groups is 1. The van der Waals surface area contributed by atoms with Gasteiger partial charge in [-0.05, 0) is 41.8 Å². The van der Waals surface area contributed by atoms with Crippen LogP contribution >= 0.6 is 11.3 Å². The van der Waals surface area contributed by atoms with E-state index in [9.17, 15) is 9.59 Å². The second kappa shape index (κ2) is 11.5. The number of methoxy groups -OCH3 is 3. The molecule has 2 aromatic carbocycles. The lowest BCUT2D eigenvalue weighted by molar-refractivity contribution is -0.117. The van der Waals surface area contributed by atoms with Gasteiger partial charge in [0.2, 0.25) is 5.75 Å². The van der Waals surface area contributed by atoms with Crippen molar-refractivity contribution in [2.75, 3.05) is 21.3 Å². The number of ether oxygens (including phenoxy) is 3. The fraction of sp³-hybridized carbons (Fsp3) is 0.125. The van der Waals surface area contributed by atoms with Crippen molar-refractivity contribution in [1.29, 1.82) is 0 Å².